The van der Waals surface area contributed by atoms with Gasteiger partial charge in [0.2, 0.25) is 17.7 Å². The van der Waals surface area contributed by atoms with Gasteiger partial charge in [0.05, 0.1) is 23.5 Å². The monoisotopic (exact) mass is 919 g/mol. The van der Waals surface area contributed by atoms with E-state index < -0.39 is 11.9 Å². The lowest BCUT2D eigenvalue weighted by atomic mass is 9.93. The molecule has 69 heavy (non-hydrogen) atoms. The van der Waals surface area contributed by atoms with Crippen molar-refractivity contribution in [3.8, 4) is 46.1 Å². The molecule has 1 saturated heterocycles. The molecule has 12 heteroatoms. The van der Waals surface area contributed by atoms with Crippen molar-refractivity contribution >= 4 is 34.7 Å². The third-order valence-electron chi connectivity index (χ3n) is 13.5. The molecule has 1 aliphatic carbocycles. The summed E-state index contributed by atoms with van der Waals surface area (Å²) in [6, 6.07) is 33.9. The first kappa shape index (κ1) is 46.6. The molecule has 1 saturated carbocycles. The molecule has 12 nitrogen and oxygen atoms in total. The average molecular weight is 920 g/mol. The fourth-order valence-corrected chi connectivity index (χ4v) is 9.93. The van der Waals surface area contributed by atoms with Gasteiger partial charge in [0.15, 0.2) is 0 Å². The molecule has 1 atom stereocenters. The number of nitrogens with one attached hydrogen (secondary N) is 3. The zero-order valence-corrected chi connectivity index (χ0v) is 38.8. The highest BCUT2D eigenvalue weighted by molar-refractivity contribution is 6.06. The van der Waals surface area contributed by atoms with Crippen LogP contribution in [-0.4, -0.2) is 66.4 Å². The van der Waals surface area contributed by atoms with Crippen molar-refractivity contribution in [2.45, 2.75) is 115 Å². The van der Waals surface area contributed by atoms with Crippen molar-refractivity contribution in [2.24, 2.45) is 0 Å². The van der Waals surface area contributed by atoms with E-state index in [1.807, 2.05) is 65.5 Å². The number of nitrogens with zero attached hydrogens (tertiary/aromatic N) is 4. The van der Waals surface area contributed by atoms with Crippen LogP contribution in [0.25, 0.3) is 33.4 Å². The molecule has 4 amide bonds. The molecule has 4 aromatic carbocycles. The van der Waals surface area contributed by atoms with Gasteiger partial charge in [-0.2, -0.15) is 0 Å². The summed E-state index contributed by atoms with van der Waals surface area (Å²) in [5, 5.41) is 26.1. The van der Waals surface area contributed by atoms with Crippen molar-refractivity contribution in [1.82, 2.24) is 29.7 Å². The van der Waals surface area contributed by atoms with E-state index in [0.29, 0.717) is 56.4 Å². The summed E-state index contributed by atoms with van der Waals surface area (Å²) in [4.78, 5) is 56.4. The van der Waals surface area contributed by atoms with Gasteiger partial charge in [0.25, 0.3) is 5.91 Å². The summed E-state index contributed by atoms with van der Waals surface area (Å²) in [6.45, 7) is 1.41. The van der Waals surface area contributed by atoms with Crippen LogP contribution >= 0.6 is 0 Å². The van der Waals surface area contributed by atoms with Gasteiger partial charge in [-0.05, 0) is 104 Å². The first-order valence-corrected chi connectivity index (χ1v) is 24.3. The van der Waals surface area contributed by atoms with Crippen LogP contribution in [0.15, 0.2) is 109 Å². The molecule has 9 rings (SSSR count). The number of amides is 4. The second-order valence-corrected chi connectivity index (χ2v) is 18.3. The van der Waals surface area contributed by atoms with E-state index in [1.54, 1.807) is 12.1 Å². The van der Waals surface area contributed by atoms with E-state index in [9.17, 15) is 29.7 Å². The number of rotatable bonds is 14. The van der Waals surface area contributed by atoms with Gasteiger partial charge in [-0.3, -0.25) is 29.9 Å². The maximum Gasteiger partial charge on any atom is 0.255 e. The zero-order valence-electron chi connectivity index (χ0n) is 38.8. The van der Waals surface area contributed by atoms with Gasteiger partial charge >= 0.3 is 0 Å². The van der Waals surface area contributed by atoms with Crippen LogP contribution < -0.4 is 16.1 Å². The highest BCUT2D eigenvalue weighted by Gasteiger charge is 2.39. The minimum Gasteiger partial charge on any atom is -0.393 e. The number of piperidine rings is 1. The Morgan fingerprint density at radius 1 is 0.812 bits per heavy atom. The Hall–Kier alpha value is -7.54. The average Bonchev–Trinajstić information content (AvgIpc) is 3.88. The number of unbranched alkanes of at least 4 members (excludes halogenated alkanes) is 4. The fourth-order valence-electron chi connectivity index (χ4n) is 9.93. The number of carbonyl (C=O) groups excluding carboxylic acids is 4. The van der Waals surface area contributed by atoms with Crippen LogP contribution in [-0.2, 0) is 27.5 Å². The maximum atomic E-state index is 13.1. The van der Waals surface area contributed by atoms with Crippen molar-refractivity contribution in [2.75, 3.05) is 6.54 Å². The van der Waals surface area contributed by atoms with E-state index >= 15 is 0 Å². The number of hydrogen-bond donors (Lipinski definition) is 4. The number of carbonyl (C=O) groups is 4. The Morgan fingerprint density at radius 2 is 1.54 bits per heavy atom. The molecule has 2 aromatic heterocycles. The Balaban J connectivity index is 0.773. The Kier molecular flexibility index (Phi) is 14.6. The summed E-state index contributed by atoms with van der Waals surface area (Å²) < 4.78 is 4.26. The van der Waals surface area contributed by atoms with E-state index in [0.717, 1.165) is 107 Å². The highest BCUT2D eigenvalue weighted by Crippen LogP contribution is 2.40. The summed E-state index contributed by atoms with van der Waals surface area (Å²) in [7, 11) is 0. The topological polar surface area (TPSA) is 162 Å². The molecule has 2 aliphatic heterocycles. The zero-order chi connectivity index (χ0) is 47.7. The largest absolute Gasteiger partial charge is 0.393 e. The van der Waals surface area contributed by atoms with E-state index in [-0.39, 0.29) is 36.3 Å². The Labute approximate surface area is 402 Å². The van der Waals surface area contributed by atoms with Crippen molar-refractivity contribution in [3.63, 3.8) is 0 Å². The van der Waals surface area contributed by atoms with Gasteiger partial charge in [0.1, 0.15) is 17.2 Å². The standard InChI is InChI=1S/C57H57N7O5/c58-54-52-51(42-21-9-5-10-22-42)53(43-23-11-6-12-24-43)63(55(52)60-38-64(54)44-28-30-45(65)31-29-44)36-40-19-15-18-39(35-40)17-7-1-2-13-27-49(66)59-34-14-4-3-8-20-41-25-16-26-46-47(41)37-62(57(46)69)48-32-33-50(67)61-56(48)68/h5-6,9-12,15-16,18-19,21-26,35,38,44-45,48,58,65H,1-4,13-14,27-34,36-37H2,(H,59,66)(H,61,67,68). The molecule has 3 aliphatic rings. The minimum atomic E-state index is -0.659. The van der Waals surface area contributed by atoms with Gasteiger partial charge in [-0.15, -0.1) is 0 Å². The van der Waals surface area contributed by atoms with E-state index in [2.05, 4.69) is 75.3 Å². The van der Waals surface area contributed by atoms with Crippen molar-refractivity contribution < 1.29 is 24.3 Å². The number of aromatic nitrogens is 3. The van der Waals surface area contributed by atoms with Crippen LogP contribution in [0.3, 0.4) is 0 Å². The smallest absolute Gasteiger partial charge is 0.255 e. The summed E-state index contributed by atoms with van der Waals surface area (Å²) in [5.74, 6) is 12.2. The van der Waals surface area contributed by atoms with Gasteiger partial charge < -0.3 is 24.5 Å². The normalized spacial score (nSPS) is 17.7. The van der Waals surface area contributed by atoms with Gasteiger partial charge in [-0.1, -0.05) is 103 Å². The second-order valence-electron chi connectivity index (χ2n) is 18.3. The fraction of sp³-hybridized carbons (Fsp3) is 0.333. The maximum absolute atomic E-state index is 13.1. The number of aliphatic hydroxyl groups is 1. The molecule has 2 fully saturated rings. The van der Waals surface area contributed by atoms with Crippen molar-refractivity contribution in [1.29, 1.82) is 5.41 Å². The van der Waals surface area contributed by atoms with Crippen molar-refractivity contribution in [3.05, 3.63) is 143 Å². The lowest BCUT2D eigenvalue weighted by Crippen LogP contribution is -2.52. The number of benzene rings is 4. The predicted octanol–water partition coefficient (Wildman–Crippen LogP) is 8.19. The van der Waals surface area contributed by atoms with Crippen LogP contribution in [0.4, 0.5) is 0 Å². The highest BCUT2D eigenvalue weighted by atomic mass is 16.3. The third-order valence-corrected chi connectivity index (χ3v) is 13.5. The summed E-state index contributed by atoms with van der Waals surface area (Å²) in [6.07, 6.45) is 10.1. The van der Waals surface area contributed by atoms with Gasteiger partial charge in [0, 0.05) is 73.6 Å². The molecule has 4 N–H and O–H groups in total. The second kappa shape index (κ2) is 21.6. The lowest BCUT2D eigenvalue weighted by molar-refractivity contribution is -0.137. The molecule has 350 valence electrons. The van der Waals surface area contributed by atoms with Crippen LogP contribution in [0.1, 0.15) is 122 Å². The van der Waals surface area contributed by atoms with Crippen LogP contribution in [0.2, 0.25) is 0 Å². The Morgan fingerprint density at radius 3 is 2.30 bits per heavy atom. The molecule has 4 heterocycles. The SMILES string of the molecule is N=c1c2c(-c3ccccc3)c(-c3ccccc3)n(Cc3cccc(C#CCCCCC(=O)NCCCCC#Cc4cccc5c4CN(C4CCC(=O)NC4=O)C5=O)c3)c2ncn1C1CCC(O)CC1. The Bertz CT molecular complexity index is 3070. The molecule has 0 radical (unpaired) electrons. The van der Waals surface area contributed by atoms with E-state index in [4.69, 9.17) is 4.98 Å². The molecule has 0 bridgehead atoms. The number of aliphatic hydroxyl groups excluding tert-OH is 1. The minimum absolute atomic E-state index is 0.0327. The number of imide groups is 1. The van der Waals surface area contributed by atoms with Crippen LogP contribution in [0.5, 0.6) is 0 Å². The van der Waals surface area contributed by atoms with Gasteiger partial charge in [-0.25, -0.2) is 4.98 Å². The molecular weight excluding hydrogens is 863 g/mol. The number of hydrogen-bond acceptors (Lipinski definition) is 7. The lowest BCUT2D eigenvalue weighted by Gasteiger charge is -2.29. The summed E-state index contributed by atoms with van der Waals surface area (Å²) >= 11 is 0. The predicted molar refractivity (Wildman–Crippen MR) is 265 cm³/mol. The number of fused-ring (bicyclic) bond motifs is 2. The molecule has 1 unspecified atom stereocenters. The molecular formula is C57H57N7O5. The summed E-state index contributed by atoms with van der Waals surface area (Å²) in [5.41, 5.74) is 9.39. The van der Waals surface area contributed by atoms with Crippen LogP contribution in [0, 0.1) is 29.1 Å². The quantitative estimate of drug-likeness (QED) is 0.0490. The first-order chi connectivity index (χ1) is 33.7. The third kappa shape index (κ3) is 10.6. The van der Waals surface area contributed by atoms with E-state index in [1.165, 1.54) is 4.90 Å². The molecule has 0 spiro atoms. The first-order valence-electron chi connectivity index (χ1n) is 24.3. The molecule has 6 aromatic rings.